The number of nitrogens with zero attached hydrogens (tertiary/aromatic N) is 1. The van der Waals surface area contributed by atoms with E-state index in [1.807, 2.05) is 18.2 Å². The van der Waals surface area contributed by atoms with Crippen LogP contribution < -0.4 is 4.90 Å². The first-order valence-electron chi connectivity index (χ1n) is 8.90. The monoisotopic (exact) mass is 369 g/mol. The van der Waals surface area contributed by atoms with Crippen molar-refractivity contribution in [2.45, 2.75) is 13.0 Å². The Morgan fingerprint density at radius 1 is 1.15 bits per heavy atom. The number of phenolic OH excluding ortho intramolecular Hbond substituents is 1. The van der Waals surface area contributed by atoms with Gasteiger partial charge in [-0.25, -0.2) is 0 Å². The highest BCUT2D eigenvalue weighted by molar-refractivity contribution is 6.35. The molecule has 2 heterocycles. The zero-order chi connectivity index (χ0) is 18.1. The molecule has 1 fully saturated rings. The largest absolute Gasteiger partial charge is 0.505 e. The molecule has 0 saturated carbocycles. The Morgan fingerprint density at radius 2 is 1.88 bits per heavy atom. The summed E-state index contributed by atoms with van der Waals surface area (Å²) in [5.74, 6) is 0.217. The van der Waals surface area contributed by atoms with Crippen LogP contribution in [-0.2, 0) is 4.74 Å². The van der Waals surface area contributed by atoms with Gasteiger partial charge in [0.15, 0.2) is 5.75 Å². The van der Waals surface area contributed by atoms with E-state index in [1.54, 1.807) is 6.20 Å². The molecular weight excluding hydrogens is 348 g/mol. The van der Waals surface area contributed by atoms with E-state index in [9.17, 15) is 5.11 Å². The lowest BCUT2D eigenvalue weighted by molar-refractivity contribution is -0.933. The molecule has 4 rings (SSSR count). The molecule has 0 spiro atoms. The van der Waals surface area contributed by atoms with Crippen molar-refractivity contribution in [3.05, 3.63) is 70.4 Å². The molecular formula is C21H22ClN2O2+. The fourth-order valence-electron chi connectivity index (χ4n) is 3.74. The van der Waals surface area contributed by atoms with Gasteiger partial charge >= 0.3 is 0 Å². The van der Waals surface area contributed by atoms with Crippen molar-refractivity contribution in [1.82, 2.24) is 4.98 Å². The van der Waals surface area contributed by atoms with E-state index in [2.05, 4.69) is 36.2 Å². The number of quaternary nitrogens is 1. The van der Waals surface area contributed by atoms with E-state index in [4.69, 9.17) is 16.3 Å². The van der Waals surface area contributed by atoms with Crippen LogP contribution >= 0.6 is 11.6 Å². The van der Waals surface area contributed by atoms with Gasteiger partial charge in [-0.3, -0.25) is 4.98 Å². The Morgan fingerprint density at radius 3 is 2.62 bits per heavy atom. The number of aryl methyl sites for hydroxylation is 1. The predicted molar refractivity (Wildman–Crippen MR) is 103 cm³/mol. The first-order valence-corrected chi connectivity index (χ1v) is 9.28. The van der Waals surface area contributed by atoms with Crippen LogP contribution in [0.15, 0.2) is 48.7 Å². The zero-order valence-corrected chi connectivity index (χ0v) is 15.5. The SMILES string of the molecule is Cc1ccc([C@H](c2cc(Cl)c3cccnc3c2O)[NH+]2CCOCC2)cc1. The fraction of sp³-hybridized carbons (Fsp3) is 0.286. The maximum absolute atomic E-state index is 11.0. The van der Waals surface area contributed by atoms with Crippen LogP contribution in [0.25, 0.3) is 10.9 Å². The number of phenols is 1. The van der Waals surface area contributed by atoms with Gasteiger partial charge in [0, 0.05) is 17.1 Å². The molecule has 1 aliphatic heterocycles. The smallest absolute Gasteiger partial charge is 0.151 e. The molecule has 2 aromatic carbocycles. The average molecular weight is 370 g/mol. The summed E-state index contributed by atoms with van der Waals surface area (Å²) in [6.07, 6.45) is 1.69. The first-order chi connectivity index (χ1) is 12.6. The molecule has 2 N–H and O–H groups in total. The summed E-state index contributed by atoms with van der Waals surface area (Å²) in [6.45, 7) is 5.29. The summed E-state index contributed by atoms with van der Waals surface area (Å²) in [6, 6.07) is 14.1. The number of aromatic hydroxyl groups is 1. The Hall–Kier alpha value is -2.14. The van der Waals surface area contributed by atoms with Crippen LogP contribution in [-0.4, -0.2) is 36.4 Å². The van der Waals surface area contributed by atoms with E-state index in [1.165, 1.54) is 10.5 Å². The van der Waals surface area contributed by atoms with Gasteiger partial charge in [0.2, 0.25) is 0 Å². The van der Waals surface area contributed by atoms with Gasteiger partial charge in [-0.15, -0.1) is 0 Å². The number of halogens is 1. The Balaban J connectivity index is 1.89. The van der Waals surface area contributed by atoms with Gasteiger partial charge in [0.05, 0.1) is 23.8 Å². The molecule has 26 heavy (non-hydrogen) atoms. The molecule has 1 atom stereocenters. The van der Waals surface area contributed by atoms with Crippen LogP contribution in [0.4, 0.5) is 0 Å². The Bertz CT molecular complexity index is 921. The summed E-state index contributed by atoms with van der Waals surface area (Å²) in [4.78, 5) is 5.73. The van der Waals surface area contributed by atoms with Crippen LogP contribution in [0.1, 0.15) is 22.7 Å². The fourth-order valence-corrected chi connectivity index (χ4v) is 4.01. The second-order valence-electron chi connectivity index (χ2n) is 6.81. The van der Waals surface area contributed by atoms with E-state index in [0.717, 1.165) is 42.8 Å². The summed E-state index contributed by atoms with van der Waals surface area (Å²) < 4.78 is 5.54. The lowest BCUT2D eigenvalue weighted by atomic mass is 9.94. The van der Waals surface area contributed by atoms with Gasteiger partial charge in [0.25, 0.3) is 0 Å². The third kappa shape index (κ3) is 3.16. The van der Waals surface area contributed by atoms with Crippen molar-refractivity contribution in [2.75, 3.05) is 26.3 Å². The number of rotatable bonds is 3. The van der Waals surface area contributed by atoms with E-state index >= 15 is 0 Å². The lowest BCUT2D eigenvalue weighted by Gasteiger charge is -2.32. The molecule has 0 aliphatic carbocycles. The van der Waals surface area contributed by atoms with Crippen molar-refractivity contribution in [3.63, 3.8) is 0 Å². The number of ether oxygens (including phenoxy) is 1. The van der Waals surface area contributed by atoms with Crippen molar-refractivity contribution >= 4 is 22.5 Å². The molecule has 1 aromatic heterocycles. The maximum atomic E-state index is 11.0. The highest BCUT2D eigenvalue weighted by Crippen LogP contribution is 2.37. The van der Waals surface area contributed by atoms with Crippen LogP contribution in [0.2, 0.25) is 5.02 Å². The molecule has 0 unspecified atom stereocenters. The molecule has 3 aromatic rings. The minimum atomic E-state index is -0.0107. The predicted octanol–water partition coefficient (Wildman–Crippen LogP) is 2.91. The van der Waals surface area contributed by atoms with Crippen molar-refractivity contribution < 1.29 is 14.7 Å². The second-order valence-corrected chi connectivity index (χ2v) is 7.22. The molecule has 134 valence electrons. The molecule has 4 nitrogen and oxygen atoms in total. The highest BCUT2D eigenvalue weighted by Gasteiger charge is 2.31. The normalized spacial score (nSPS) is 16.7. The molecule has 0 radical (unpaired) electrons. The van der Waals surface area contributed by atoms with Crippen molar-refractivity contribution in [2.24, 2.45) is 0 Å². The zero-order valence-electron chi connectivity index (χ0n) is 14.7. The minimum Gasteiger partial charge on any atom is -0.505 e. The summed E-state index contributed by atoms with van der Waals surface area (Å²) >= 11 is 6.54. The topological polar surface area (TPSA) is 46.8 Å². The summed E-state index contributed by atoms with van der Waals surface area (Å²) in [7, 11) is 0. The lowest BCUT2D eigenvalue weighted by Crippen LogP contribution is -3.14. The van der Waals surface area contributed by atoms with Gasteiger partial charge in [0.1, 0.15) is 24.6 Å². The van der Waals surface area contributed by atoms with Crippen molar-refractivity contribution in [1.29, 1.82) is 0 Å². The van der Waals surface area contributed by atoms with Gasteiger partial charge in [-0.2, -0.15) is 0 Å². The number of fused-ring (bicyclic) bond motifs is 1. The van der Waals surface area contributed by atoms with E-state index in [0.29, 0.717) is 10.5 Å². The Labute approximate surface area is 158 Å². The number of benzene rings is 2. The quantitative estimate of drug-likeness (QED) is 0.746. The third-order valence-corrected chi connectivity index (χ3v) is 5.42. The third-order valence-electron chi connectivity index (χ3n) is 5.11. The summed E-state index contributed by atoms with van der Waals surface area (Å²) in [5.41, 5.74) is 3.75. The van der Waals surface area contributed by atoms with Gasteiger partial charge in [-0.05, 0) is 25.1 Å². The number of pyridine rings is 1. The molecule has 0 bridgehead atoms. The molecule has 0 amide bonds. The number of hydrogen-bond donors (Lipinski definition) is 2. The minimum absolute atomic E-state index is 0.0107. The standard InChI is InChI=1S/C21H21ClN2O2/c1-14-4-6-15(7-5-14)20(24-9-11-26-12-10-24)17-13-18(22)16-3-2-8-23-19(16)21(17)25/h2-8,13,20,25H,9-12H2,1H3/p+1/t20-/m1/s1. The number of nitrogens with one attached hydrogen (secondary N) is 1. The van der Waals surface area contributed by atoms with Crippen LogP contribution in [0.5, 0.6) is 5.75 Å². The molecule has 1 aliphatic rings. The maximum Gasteiger partial charge on any atom is 0.151 e. The molecule has 1 saturated heterocycles. The number of aromatic nitrogens is 1. The molecule has 5 heteroatoms. The van der Waals surface area contributed by atoms with Crippen LogP contribution in [0, 0.1) is 6.92 Å². The van der Waals surface area contributed by atoms with Crippen LogP contribution in [0.3, 0.4) is 0 Å². The number of hydrogen-bond acceptors (Lipinski definition) is 3. The Kier molecular flexibility index (Phi) is 4.81. The van der Waals surface area contributed by atoms with Gasteiger partial charge < -0.3 is 14.7 Å². The van der Waals surface area contributed by atoms with Crippen molar-refractivity contribution in [3.8, 4) is 5.75 Å². The second kappa shape index (κ2) is 7.23. The average Bonchev–Trinajstić information content (AvgIpc) is 2.68. The number of morpholine rings is 1. The van der Waals surface area contributed by atoms with Gasteiger partial charge in [-0.1, -0.05) is 41.4 Å². The summed E-state index contributed by atoms with van der Waals surface area (Å²) in [5, 5.41) is 12.4. The first kappa shape index (κ1) is 17.3. The highest BCUT2D eigenvalue weighted by atomic mass is 35.5. The van der Waals surface area contributed by atoms with E-state index < -0.39 is 0 Å². The van der Waals surface area contributed by atoms with E-state index in [-0.39, 0.29) is 11.8 Å².